The van der Waals surface area contributed by atoms with Crippen molar-refractivity contribution >= 4 is 32.5 Å². The lowest BCUT2D eigenvalue weighted by molar-refractivity contribution is 0.0695. The predicted octanol–water partition coefficient (Wildman–Crippen LogP) is 1.58. The highest BCUT2D eigenvalue weighted by Gasteiger charge is 2.16. The zero-order chi connectivity index (χ0) is 12.6. The fourth-order valence-corrected chi connectivity index (χ4v) is 2.61. The summed E-state index contributed by atoms with van der Waals surface area (Å²) in [4.78, 5) is 23.4. The third kappa shape index (κ3) is 1.79. The monoisotopic (exact) mass is 254 g/mol. The fourth-order valence-electron chi connectivity index (χ4n) is 1.62. The molecule has 0 saturated heterocycles. The van der Waals surface area contributed by atoms with Gasteiger partial charge >= 0.3 is 5.97 Å². The first kappa shape index (κ1) is 11.6. The van der Waals surface area contributed by atoms with E-state index in [-0.39, 0.29) is 5.56 Å². The summed E-state index contributed by atoms with van der Waals surface area (Å²) in [7, 11) is 0. The van der Waals surface area contributed by atoms with Crippen molar-refractivity contribution in [3.05, 3.63) is 28.0 Å². The molecule has 2 aromatic rings. The largest absolute Gasteiger partial charge is 0.477 e. The molecule has 3 N–H and O–H groups in total. The van der Waals surface area contributed by atoms with Gasteiger partial charge in [0.1, 0.15) is 15.4 Å². The Morgan fingerprint density at radius 3 is 2.82 bits per heavy atom. The number of nitrogens with one attached hydrogen (secondary N) is 1. The molecular formula is C10H10N2O4S. The third-order valence-electron chi connectivity index (χ3n) is 2.43. The first-order valence-electron chi connectivity index (χ1n) is 4.88. The Labute approximate surface area is 99.7 Å². The summed E-state index contributed by atoms with van der Waals surface area (Å²) in [6, 6.07) is 1.45. The second kappa shape index (κ2) is 4.19. The summed E-state index contributed by atoms with van der Waals surface area (Å²) in [6.45, 7) is 2.39. The molecule has 17 heavy (non-hydrogen) atoms. The van der Waals surface area contributed by atoms with E-state index in [0.29, 0.717) is 21.8 Å². The molecule has 0 amide bonds. The fraction of sp³-hybridized carbons (Fsp3) is 0.200. The standard InChI is InChI=1S/C10H10N2O4S/c1-2-12-4-6(10(14)15)8(13)5-3-7(11-16)17-9(5)12/h3-4,11,16H,2H2,1H3,(H,14,15). The van der Waals surface area contributed by atoms with E-state index < -0.39 is 11.4 Å². The average molecular weight is 254 g/mol. The molecule has 0 atom stereocenters. The topological polar surface area (TPSA) is 91.6 Å². The summed E-state index contributed by atoms with van der Waals surface area (Å²) in [5.41, 5.74) is 1.17. The second-order valence-electron chi connectivity index (χ2n) is 3.40. The van der Waals surface area contributed by atoms with Crippen molar-refractivity contribution in [2.45, 2.75) is 13.5 Å². The lowest BCUT2D eigenvalue weighted by Crippen LogP contribution is -2.17. The number of carboxylic acids is 1. The minimum Gasteiger partial charge on any atom is -0.477 e. The molecule has 2 aromatic heterocycles. The van der Waals surface area contributed by atoms with Crippen LogP contribution < -0.4 is 10.9 Å². The molecule has 6 nitrogen and oxygen atoms in total. The summed E-state index contributed by atoms with van der Waals surface area (Å²) in [5.74, 6) is -1.25. The van der Waals surface area contributed by atoms with E-state index in [4.69, 9.17) is 10.3 Å². The molecule has 0 spiro atoms. The lowest BCUT2D eigenvalue weighted by atomic mass is 10.2. The van der Waals surface area contributed by atoms with Crippen molar-refractivity contribution in [3.63, 3.8) is 0 Å². The minimum absolute atomic E-state index is 0.262. The van der Waals surface area contributed by atoms with Crippen LogP contribution in [-0.4, -0.2) is 20.9 Å². The molecule has 0 aliphatic rings. The van der Waals surface area contributed by atoms with Crippen LogP contribution in [0.1, 0.15) is 17.3 Å². The predicted molar refractivity (Wildman–Crippen MR) is 64.1 cm³/mol. The number of rotatable bonds is 3. The average Bonchev–Trinajstić information content (AvgIpc) is 2.74. The van der Waals surface area contributed by atoms with Gasteiger partial charge in [-0.15, -0.1) is 0 Å². The van der Waals surface area contributed by atoms with E-state index in [1.807, 2.05) is 12.4 Å². The van der Waals surface area contributed by atoms with E-state index in [0.717, 1.165) is 0 Å². The van der Waals surface area contributed by atoms with Gasteiger partial charge in [-0.2, -0.15) is 0 Å². The Balaban J connectivity index is 2.87. The summed E-state index contributed by atoms with van der Waals surface area (Å²) >= 11 is 1.19. The van der Waals surface area contributed by atoms with Crippen LogP contribution in [-0.2, 0) is 6.54 Å². The van der Waals surface area contributed by atoms with Gasteiger partial charge in [-0.3, -0.25) is 15.5 Å². The molecular weight excluding hydrogens is 244 g/mol. The Morgan fingerprint density at radius 2 is 2.29 bits per heavy atom. The first-order chi connectivity index (χ1) is 8.08. The van der Waals surface area contributed by atoms with Gasteiger partial charge in [0.2, 0.25) is 5.43 Å². The van der Waals surface area contributed by atoms with Gasteiger partial charge in [-0.1, -0.05) is 11.3 Å². The number of pyridine rings is 1. The van der Waals surface area contributed by atoms with Crippen LogP contribution in [0.4, 0.5) is 5.00 Å². The maximum Gasteiger partial charge on any atom is 0.341 e. The lowest BCUT2D eigenvalue weighted by Gasteiger charge is -2.05. The molecule has 0 aliphatic heterocycles. The number of aryl methyl sites for hydroxylation is 1. The first-order valence-corrected chi connectivity index (χ1v) is 5.70. The highest BCUT2D eigenvalue weighted by atomic mass is 32.1. The Morgan fingerprint density at radius 1 is 1.59 bits per heavy atom. The smallest absolute Gasteiger partial charge is 0.341 e. The van der Waals surface area contributed by atoms with Gasteiger partial charge in [0, 0.05) is 12.7 Å². The van der Waals surface area contributed by atoms with Crippen molar-refractivity contribution < 1.29 is 15.1 Å². The summed E-state index contributed by atoms with van der Waals surface area (Å²) in [5, 5.41) is 18.4. The van der Waals surface area contributed by atoms with Gasteiger partial charge < -0.3 is 9.67 Å². The number of carbonyl (C=O) groups is 1. The Kier molecular flexibility index (Phi) is 2.86. The van der Waals surface area contributed by atoms with Crippen LogP contribution in [0.3, 0.4) is 0 Å². The van der Waals surface area contributed by atoms with Gasteiger partial charge in [-0.05, 0) is 13.0 Å². The molecule has 0 fully saturated rings. The molecule has 0 radical (unpaired) electrons. The van der Waals surface area contributed by atoms with Gasteiger partial charge in [0.15, 0.2) is 0 Å². The zero-order valence-corrected chi connectivity index (χ0v) is 9.74. The van der Waals surface area contributed by atoms with E-state index in [1.165, 1.54) is 23.6 Å². The number of aromatic carboxylic acids is 1. The number of carboxylic acid groups (broad SMARTS) is 1. The highest BCUT2D eigenvalue weighted by molar-refractivity contribution is 7.22. The van der Waals surface area contributed by atoms with E-state index in [9.17, 15) is 9.59 Å². The number of hydrogen-bond donors (Lipinski definition) is 3. The van der Waals surface area contributed by atoms with Crippen molar-refractivity contribution in [1.29, 1.82) is 0 Å². The molecule has 0 bridgehead atoms. The molecule has 90 valence electrons. The summed E-state index contributed by atoms with van der Waals surface area (Å²) < 4.78 is 1.67. The van der Waals surface area contributed by atoms with Crippen molar-refractivity contribution in [3.8, 4) is 0 Å². The highest BCUT2D eigenvalue weighted by Crippen LogP contribution is 2.27. The van der Waals surface area contributed by atoms with Crippen molar-refractivity contribution in [2.75, 3.05) is 5.48 Å². The molecule has 0 unspecified atom stereocenters. The van der Waals surface area contributed by atoms with Gasteiger partial charge in [0.25, 0.3) is 0 Å². The molecule has 2 heterocycles. The molecule has 0 aromatic carbocycles. The maximum atomic E-state index is 11.9. The number of aromatic nitrogens is 1. The SMILES string of the molecule is CCn1cc(C(=O)O)c(=O)c2cc(NO)sc21. The van der Waals surface area contributed by atoms with E-state index in [1.54, 1.807) is 4.57 Å². The molecule has 7 heteroatoms. The quantitative estimate of drug-likeness (QED) is 0.723. The van der Waals surface area contributed by atoms with E-state index >= 15 is 0 Å². The molecule has 2 rings (SSSR count). The van der Waals surface area contributed by atoms with Crippen molar-refractivity contribution in [1.82, 2.24) is 4.57 Å². The van der Waals surface area contributed by atoms with Crippen LogP contribution in [0.15, 0.2) is 17.1 Å². The zero-order valence-electron chi connectivity index (χ0n) is 8.93. The number of nitrogens with zero attached hydrogens (tertiary/aromatic N) is 1. The van der Waals surface area contributed by atoms with Crippen molar-refractivity contribution in [2.24, 2.45) is 0 Å². The number of anilines is 1. The third-order valence-corrected chi connectivity index (χ3v) is 3.51. The normalized spacial score (nSPS) is 10.7. The maximum absolute atomic E-state index is 11.9. The van der Waals surface area contributed by atoms with Gasteiger partial charge in [-0.25, -0.2) is 4.79 Å². The number of hydrogen-bond acceptors (Lipinski definition) is 5. The van der Waals surface area contributed by atoms with Crippen LogP contribution in [0, 0.1) is 0 Å². The molecule has 0 saturated carbocycles. The van der Waals surface area contributed by atoms with Crippen LogP contribution in [0.25, 0.3) is 10.2 Å². The summed E-state index contributed by atoms with van der Waals surface area (Å²) in [6.07, 6.45) is 1.32. The Hall–Kier alpha value is -1.86. The van der Waals surface area contributed by atoms with E-state index in [2.05, 4.69) is 0 Å². The molecule has 0 aliphatic carbocycles. The van der Waals surface area contributed by atoms with Crippen LogP contribution in [0.2, 0.25) is 0 Å². The van der Waals surface area contributed by atoms with Crippen LogP contribution in [0.5, 0.6) is 0 Å². The number of fused-ring (bicyclic) bond motifs is 1. The number of thiophene rings is 1. The Bertz CT molecular complexity index is 644. The second-order valence-corrected chi connectivity index (χ2v) is 4.43. The van der Waals surface area contributed by atoms with Crippen LogP contribution >= 0.6 is 11.3 Å². The van der Waals surface area contributed by atoms with Gasteiger partial charge in [0.05, 0.1) is 5.39 Å². The minimum atomic E-state index is -1.25.